The Hall–Kier alpha value is -1.75. The highest BCUT2D eigenvalue weighted by molar-refractivity contribution is 6.00. The summed E-state index contributed by atoms with van der Waals surface area (Å²) in [6, 6.07) is 5.08. The van der Waals surface area contributed by atoms with Crippen LogP contribution < -0.4 is 16.4 Å². The van der Waals surface area contributed by atoms with Crippen molar-refractivity contribution in [3.8, 4) is 0 Å². The third-order valence-electron chi connectivity index (χ3n) is 2.47. The van der Waals surface area contributed by atoms with Gasteiger partial charge in [-0.2, -0.15) is 0 Å². The van der Waals surface area contributed by atoms with Gasteiger partial charge in [-0.25, -0.2) is 0 Å². The predicted molar refractivity (Wildman–Crippen MR) is 69.0 cm³/mol. The molecule has 0 saturated carbocycles. The van der Waals surface area contributed by atoms with E-state index in [0.717, 1.165) is 0 Å². The van der Waals surface area contributed by atoms with Crippen LogP contribution in [-0.4, -0.2) is 31.2 Å². The van der Waals surface area contributed by atoms with Crippen molar-refractivity contribution in [1.82, 2.24) is 5.32 Å². The summed E-state index contributed by atoms with van der Waals surface area (Å²) in [5.41, 5.74) is 7.51. The summed E-state index contributed by atoms with van der Waals surface area (Å²) >= 11 is 0. The molecule has 0 aromatic heterocycles. The van der Waals surface area contributed by atoms with Gasteiger partial charge in [-0.1, -0.05) is 6.92 Å². The zero-order chi connectivity index (χ0) is 12.8. The van der Waals surface area contributed by atoms with E-state index >= 15 is 0 Å². The van der Waals surface area contributed by atoms with Gasteiger partial charge in [0.25, 0.3) is 5.91 Å². The number of nitrogens with two attached hydrogens (primary N) is 1. The minimum Gasteiger partial charge on any atom is -0.399 e. The minimum atomic E-state index is -0.163. The smallest absolute Gasteiger partial charge is 0.253 e. The SMILES string of the molecule is CNC(=O)c1ccc(N)cc1NCC(C)CO. The second kappa shape index (κ2) is 6.10. The molecule has 1 aromatic rings. The maximum atomic E-state index is 11.6. The van der Waals surface area contributed by atoms with E-state index in [1.54, 1.807) is 25.2 Å². The molecule has 0 radical (unpaired) electrons. The largest absolute Gasteiger partial charge is 0.399 e. The fourth-order valence-corrected chi connectivity index (χ4v) is 1.39. The van der Waals surface area contributed by atoms with Gasteiger partial charge in [0.15, 0.2) is 0 Å². The highest BCUT2D eigenvalue weighted by Gasteiger charge is 2.10. The molecular weight excluding hydrogens is 218 g/mol. The predicted octanol–water partition coefficient (Wildman–Crippen LogP) is 0.669. The number of hydrogen-bond donors (Lipinski definition) is 4. The Morgan fingerprint density at radius 1 is 1.53 bits per heavy atom. The first kappa shape index (κ1) is 13.3. The van der Waals surface area contributed by atoms with E-state index in [4.69, 9.17) is 10.8 Å². The standard InChI is InChI=1S/C12H19N3O2/c1-8(7-16)6-15-11-5-9(13)3-4-10(11)12(17)14-2/h3-5,8,15-16H,6-7,13H2,1-2H3,(H,14,17). The molecule has 0 aliphatic heterocycles. The Labute approximate surface area is 101 Å². The van der Waals surface area contributed by atoms with E-state index < -0.39 is 0 Å². The molecule has 0 heterocycles. The van der Waals surface area contributed by atoms with Gasteiger partial charge in [0, 0.05) is 31.6 Å². The fourth-order valence-electron chi connectivity index (χ4n) is 1.39. The second-order valence-corrected chi connectivity index (χ2v) is 4.05. The molecule has 17 heavy (non-hydrogen) atoms. The molecule has 0 saturated heterocycles. The van der Waals surface area contributed by atoms with Crippen molar-refractivity contribution in [3.63, 3.8) is 0 Å². The van der Waals surface area contributed by atoms with Crippen molar-refractivity contribution >= 4 is 17.3 Å². The molecule has 0 fully saturated rings. The first-order valence-electron chi connectivity index (χ1n) is 5.54. The summed E-state index contributed by atoms with van der Waals surface area (Å²) < 4.78 is 0. The van der Waals surface area contributed by atoms with Crippen molar-refractivity contribution in [3.05, 3.63) is 23.8 Å². The first-order chi connectivity index (χ1) is 8.08. The topological polar surface area (TPSA) is 87.4 Å². The minimum absolute atomic E-state index is 0.102. The third kappa shape index (κ3) is 3.64. The van der Waals surface area contributed by atoms with E-state index in [2.05, 4.69) is 10.6 Å². The van der Waals surface area contributed by atoms with Crippen LogP contribution in [0.25, 0.3) is 0 Å². The maximum absolute atomic E-state index is 11.6. The van der Waals surface area contributed by atoms with Gasteiger partial charge in [0.05, 0.1) is 5.56 Å². The number of hydrogen-bond acceptors (Lipinski definition) is 4. The highest BCUT2D eigenvalue weighted by Crippen LogP contribution is 2.19. The number of nitrogens with one attached hydrogen (secondary N) is 2. The van der Waals surface area contributed by atoms with E-state index in [9.17, 15) is 4.79 Å². The first-order valence-corrected chi connectivity index (χ1v) is 5.54. The van der Waals surface area contributed by atoms with E-state index in [1.165, 1.54) is 0 Å². The van der Waals surface area contributed by atoms with Crippen LogP contribution in [-0.2, 0) is 0 Å². The summed E-state index contributed by atoms with van der Waals surface area (Å²) in [6.07, 6.45) is 0. The summed E-state index contributed by atoms with van der Waals surface area (Å²) in [6.45, 7) is 2.60. The normalized spacial score (nSPS) is 11.9. The number of anilines is 2. The van der Waals surface area contributed by atoms with Gasteiger partial charge in [-0.05, 0) is 24.1 Å². The lowest BCUT2D eigenvalue weighted by atomic mass is 10.1. The van der Waals surface area contributed by atoms with Crippen LogP contribution in [0.5, 0.6) is 0 Å². The zero-order valence-electron chi connectivity index (χ0n) is 10.2. The van der Waals surface area contributed by atoms with Gasteiger partial charge < -0.3 is 21.5 Å². The van der Waals surface area contributed by atoms with Crippen LogP contribution in [0.15, 0.2) is 18.2 Å². The molecule has 1 aromatic carbocycles. The summed E-state index contributed by atoms with van der Waals surface area (Å²) in [7, 11) is 1.58. The second-order valence-electron chi connectivity index (χ2n) is 4.05. The van der Waals surface area contributed by atoms with Crippen molar-refractivity contribution < 1.29 is 9.90 Å². The number of carbonyl (C=O) groups is 1. The van der Waals surface area contributed by atoms with Gasteiger partial charge in [0.2, 0.25) is 0 Å². The molecule has 5 nitrogen and oxygen atoms in total. The number of aliphatic hydroxyl groups excluding tert-OH is 1. The Bertz CT molecular complexity index is 393. The van der Waals surface area contributed by atoms with E-state index in [-0.39, 0.29) is 18.4 Å². The molecule has 5 heteroatoms. The number of aliphatic hydroxyl groups is 1. The average molecular weight is 237 g/mol. The number of nitrogen functional groups attached to an aromatic ring is 1. The van der Waals surface area contributed by atoms with Crippen LogP contribution >= 0.6 is 0 Å². The number of benzene rings is 1. The molecule has 1 amide bonds. The summed E-state index contributed by atoms with van der Waals surface area (Å²) in [5.74, 6) is -0.0434. The van der Waals surface area contributed by atoms with Gasteiger partial charge in [-0.3, -0.25) is 4.79 Å². The molecule has 1 unspecified atom stereocenters. The van der Waals surface area contributed by atoms with Crippen molar-refractivity contribution in [2.75, 3.05) is 31.2 Å². The lowest BCUT2D eigenvalue weighted by molar-refractivity contribution is 0.0964. The summed E-state index contributed by atoms with van der Waals surface area (Å²) in [5, 5.41) is 14.6. The molecule has 1 atom stereocenters. The maximum Gasteiger partial charge on any atom is 0.253 e. The Morgan fingerprint density at radius 2 is 2.24 bits per heavy atom. The van der Waals surface area contributed by atoms with Gasteiger partial charge in [0.1, 0.15) is 0 Å². The van der Waals surface area contributed by atoms with E-state index in [1.807, 2.05) is 6.92 Å². The Balaban J connectivity index is 2.87. The molecule has 5 N–H and O–H groups in total. The van der Waals surface area contributed by atoms with Crippen molar-refractivity contribution in [2.45, 2.75) is 6.92 Å². The molecule has 0 bridgehead atoms. The molecule has 0 aliphatic carbocycles. The number of rotatable bonds is 5. The third-order valence-corrected chi connectivity index (χ3v) is 2.47. The average Bonchev–Trinajstić information content (AvgIpc) is 2.35. The Kier molecular flexibility index (Phi) is 4.78. The van der Waals surface area contributed by atoms with Crippen molar-refractivity contribution in [1.29, 1.82) is 0 Å². The molecular formula is C12H19N3O2. The Morgan fingerprint density at radius 3 is 2.82 bits per heavy atom. The van der Waals surface area contributed by atoms with Crippen LogP contribution in [0, 0.1) is 5.92 Å². The monoisotopic (exact) mass is 237 g/mol. The number of amides is 1. The van der Waals surface area contributed by atoms with Crippen LogP contribution in [0.1, 0.15) is 17.3 Å². The quantitative estimate of drug-likeness (QED) is 0.567. The number of carbonyl (C=O) groups excluding carboxylic acids is 1. The molecule has 0 spiro atoms. The zero-order valence-corrected chi connectivity index (χ0v) is 10.2. The lowest BCUT2D eigenvalue weighted by Crippen LogP contribution is -2.21. The lowest BCUT2D eigenvalue weighted by Gasteiger charge is -2.14. The van der Waals surface area contributed by atoms with Crippen molar-refractivity contribution in [2.24, 2.45) is 5.92 Å². The molecule has 0 aliphatic rings. The van der Waals surface area contributed by atoms with Crippen LogP contribution in [0.4, 0.5) is 11.4 Å². The fraction of sp³-hybridized carbons (Fsp3) is 0.417. The van der Waals surface area contributed by atoms with Crippen LogP contribution in [0.3, 0.4) is 0 Å². The highest BCUT2D eigenvalue weighted by atomic mass is 16.3. The summed E-state index contributed by atoms with van der Waals surface area (Å²) in [4.78, 5) is 11.6. The van der Waals surface area contributed by atoms with Gasteiger partial charge in [-0.15, -0.1) is 0 Å². The van der Waals surface area contributed by atoms with Gasteiger partial charge >= 0.3 is 0 Å². The molecule has 1 rings (SSSR count). The van der Waals surface area contributed by atoms with Crippen LogP contribution in [0.2, 0.25) is 0 Å². The molecule has 94 valence electrons. The van der Waals surface area contributed by atoms with E-state index in [0.29, 0.717) is 23.5 Å².